The maximum atomic E-state index is 3.69. The molecule has 0 atom stereocenters. The van der Waals surface area contributed by atoms with Crippen molar-refractivity contribution in [1.29, 1.82) is 0 Å². The molecule has 17 heavy (non-hydrogen) atoms. The second kappa shape index (κ2) is 7.24. The standard InChI is InChI=1S/C11H14N4.2BrH/c1-3-12-5-7-14(9-12)11-15-8-6-13(4-2)10-15;;/h3-10H,1-2,11H2;2*1H/q+2;;/p-2. The van der Waals surface area contributed by atoms with Crippen molar-refractivity contribution >= 4 is 12.4 Å². The van der Waals surface area contributed by atoms with Gasteiger partial charge in [-0.15, -0.1) is 0 Å². The highest BCUT2D eigenvalue weighted by molar-refractivity contribution is 5.13. The first-order chi connectivity index (χ1) is 7.31. The van der Waals surface area contributed by atoms with Gasteiger partial charge < -0.3 is 34.0 Å². The Balaban J connectivity index is 0.00000128. The number of aromatic nitrogens is 4. The molecule has 4 nitrogen and oxygen atoms in total. The third-order valence-electron chi connectivity index (χ3n) is 2.17. The van der Waals surface area contributed by atoms with Crippen LogP contribution in [0.3, 0.4) is 0 Å². The van der Waals surface area contributed by atoms with Crippen molar-refractivity contribution in [3.63, 3.8) is 0 Å². The van der Waals surface area contributed by atoms with E-state index < -0.39 is 0 Å². The Morgan fingerprint density at radius 3 is 1.59 bits per heavy atom. The van der Waals surface area contributed by atoms with Gasteiger partial charge in [-0.1, -0.05) is 13.2 Å². The van der Waals surface area contributed by atoms with Crippen LogP contribution in [-0.4, -0.2) is 9.13 Å². The number of hydrogen-bond acceptors (Lipinski definition) is 0. The van der Waals surface area contributed by atoms with E-state index >= 15 is 0 Å². The van der Waals surface area contributed by atoms with Crippen molar-refractivity contribution in [2.45, 2.75) is 6.67 Å². The first-order valence-electron chi connectivity index (χ1n) is 4.70. The molecule has 0 amide bonds. The van der Waals surface area contributed by atoms with E-state index in [1.54, 1.807) is 12.4 Å². The molecule has 0 bridgehead atoms. The average Bonchev–Trinajstić information content (AvgIpc) is 2.87. The fourth-order valence-electron chi connectivity index (χ4n) is 1.39. The molecular formula is C11H14Br2N4. The molecule has 0 fully saturated rings. The average molecular weight is 362 g/mol. The molecule has 2 aromatic rings. The lowest BCUT2D eigenvalue weighted by molar-refractivity contribution is -0.912. The molecular weight excluding hydrogens is 348 g/mol. The van der Waals surface area contributed by atoms with Gasteiger partial charge in [0.25, 0.3) is 12.7 Å². The fourth-order valence-corrected chi connectivity index (χ4v) is 1.39. The van der Waals surface area contributed by atoms with Crippen molar-refractivity contribution in [2.75, 3.05) is 0 Å². The van der Waals surface area contributed by atoms with Gasteiger partial charge in [-0.3, -0.25) is 0 Å². The Kier molecular flexibility index (Phi) is 6.75. The molecule has 0 saturated carbocycles. The predicted molar refractivity (Wildman–Crippen MR) is 57.4 cm³/mol. The molecule has 0 saturated heterocycles. The van der Waals surface area contributed by atoms with Crippen molar-refractivity contribution in [3.05, 3.63) is 50.6 Å². The molecule has 6 heteroatoms. The summed E-state index contributed by atoms with van der Waals surface area (Å²) in [6.45, 7) is 8.17. The summed E-state index contributed by atoms with van der Waals surface area (Å²) < 4.78 is 7.94. The summed E-state index contributed by atoms with van der Waals surface area (Å²) in [6, 6.07) is 0. The van der Waals surface area contributed by atoms with E-state index in [4.69, 9.17) is 0 Å². The van der Waals surface area contributed by atoms with Crippen LogP contribution in [0.15, 0.2) is 50.6 Å². The van der Waals surface area contributed by atoms with Gasteiger partial charge >= 0.3 is 0 Å². The normalized spacial score (nSPS) is 8.94. The number of imidazole rings is 2. The molecule has 0 aliphatic rings. The lowest BCUT2D eigenvalue weighted by atomic mass is 10.8. The van der Waals surface area contributed by atoms with E-state index in [0.29, 0.717) is 0 Å². The van der Waals surface area contributed by atoms with E-state index in [1.807, 2.05) is 46.6 Å². The smallest absolute Gasteiger partial charge is 0.251 e. The number of hydrogen-bond donors (Lipinski definition) is 0. The van der Waals surface area contributed by atoms with Crippen LogP contribution in [0.1, 0.15) is 0 Å². The van der Waals surface area contributed by atoms with E-state index in [-0.39, 0.29) is 34.0 Å². The van der Waals surface area contributed by atoms with Gasteiger partial charge in [0.1, 0.15) is 24.8 Å². The van der Waals surface area contributed by atoms with Crippen molar-refractivity contribution in [2.24, 2.45) is 0 Å². The van der Waals surface area contributed by atoms with Gasteiger partial charge in [0.15, 0.2) is 0 Å². The Labute approximate surface area is 122 Å². The Morgan fingerprint density at radius 2 is 1.29 bits per heavy atom. The van der Waals surface area contributed by atoms with Crippen LogP contribution < -0.4 is 43.1 Å². The van der Waals surface area contributed by atoms with Gasteiger partial charge in [-0.2, -0.15) is 9.13 Å². The molecule has 0 radical (unpaired) electrons. The van der Waals surface area contributed by atoms with Crippen molar-refractivity contribution in [1.82, 2.24) is 9.13 Å². The summed E-state index contributed by atoms with van der Waals surface area (Å²) in [5.41, 5.74) is 0. The highest BCUT2D eigenvalue weighted by Crippen LogP contribution is 1.84. The number of rotatable bonds is 4. The van der Waals surface area contributed by atoms with Crippen molar-refractivity contribution in [3.8, 4) is 0 Å². The molecule has 2 heterocycles. The minimum Gasteiger partial charge on any atom is -1.00 e. The zero-order valence-corrected chi connectivity index (χ0v) is 12.5. The first kappa shape index (κ1) is 15.9. The SMILES string of the molecule is C=Cn1cc[n+](C[n+]2ccn(C=C)c2)c1.[Br-].[Br-]. The van der Waals surface area contributed by atoms with E-state index in [9.17, 15) is 0 Å². The predicted octanol–water partition coefficient (Wildman–Crippen LogP) is -5.42. The summed E-state index contributed by atoms with van der Waals surface area (Å²) >= 11 is 0. The zero-order chi connectivity index (χ0) is 10.7. The minimum absolute atomic E-state index is 0. The Morgan fingerprint density at radius 1 is 0.882 bits per heavy atom. The second-order valence-corrected chi connectivity index (χ2v) is 3.26. The molecule has 0 aliphatic heterocycles. The summed E-state index contributed by atoms with van der Waals surface area (Å²) in [5, 5.41) is 0. The van der Waals surface area contributed by atoms with Crippen LogP contribution in [0.2, 0.25) is 0 Å². The monoisotopic (exact) mass is 360 g/mol. The lowest BCUT2D eigenvalue weighted by Gasteiger charge is -1.90. The lowest BCUT2D eigenvalue weighted by Crippen LogP contribution is -3.00. The summed E-state index contributed by atoms with van der Waals surface area (Å²) in [6.07, 6.45) is 15.4. The third-order valence-corrected chi connectivity index (χ3v) is 2.17. The molecule has 0 aromatic carbocycles. The van der Waals surface area contributed by atoms with Crippen LogP contribution in [0.25, 0.3) is 12.4 Å². The largest absolute Gasteiger partial charge is 1.00 e. The van der Waals surface area contributed by atoms with Gasteiger partial charge in [0, 0.05) is 0 Å². The molecule has 0 N–H and O–H groups in total. The maximum Gasteiger partial charge on any atom is 0.251 e. The highest BCUT2D eigenvalue weighted by Gasteiger charge is 2.06. The quantitative estimate of drug-likeness (QED) is 0.484. The molecule has 0 aliphatic carbocycles. The molecule has 2 aromatic heterocycles. The summed E-state index contributed by atoms with van der Waals surface area (Å²) in [4.78, 5) is 0. The first-order valence-corrected chi connectivity index (χ1v) is 4.70. The van der Waals surface area contributed by atoms with E-state index in [2.05, 4.69) is 22.3 Å². The van der Waals surface area contributed by atoms with Crippen LogP contribution in [0.5, 0.6) is 0 Å². The van der Waals surface area contributed by atoms with Crippen LogP contribution in [0, 0.1) is 0 Å². The maximum absolute atomic E-state index is 3.69. The zero-order valence-electron chi connectivity index (χ0n) is 9.28. The van der Waals surface area contributed by atoms with E-state index in [1.165, 1.54) is 0 Å². The molecule has 0 spiro atoms. The van der Waals surface area contributed by atoms with Crippen molar-refractivity contribution < 1.29 is 43.1 Å². The fraction of sp³-hybridized carbons (Fsp3) is 0.0909. The van der Waals surface area contributed by atoms with E-state index in [0.717, 1.165) is 6.67 Å². The third kappa shape index (κ3) is 3.98. The summed E-state index contributed by atoms with van der Waals surface area (Å²) in [5.74, 6) is 0. The Hall–Kier alpha value is -1.14. The second-order valence-electron chi connectivity index (χ2n) is 3.26. The van der Waals surface area contributed by atoms with Crippen LogP contribution in [-0.2, 0) is 6.67 Å². The molecule has 92 valence electrons. The topological polar surface area (TPSA) is 17.6 Å². The van der Waals surface area contributed by atoms with Gasteiger partial charge in [0.2, 0.25) is 6.67 Å². The van der Waals surface area contributed by atoms with Crippen LogP contribution in [0.4, 0.5) is 0 Å². The van der Waals surface area contributed by atoms with Gasteiger partial charge in [-0.05, 0) is 0 Å². The summed E-state index contributed by atoms with van der Waals surface area (Å²) in [7, 11) is 0. The van der Waals surface area contributed by atoms with Crippen LogP contribution >= 0.6 is 0 Å². The molecule has 0 unspecified atom stereocenters. The molecule has 2 rings (SSSR count). The van der Waals surface area contributed by atoms with Gasteiger partial charge in [0.05, 0.1) is 12.4 Å². The number of nitrogens with zero attached hydrogens (tertiary/aromatic N) is 4. The Bertz CT molecular complexity index is 443. The highest BCUT2D eigenvalue weighted by atomic mass is 79.9. The van der Waals surface area contributed by atoms with Gasteiger partial charge in [-0.25, -0.2) is 9.13 Å². The minimum atomic E-state index is 0. The number of halogens is 2.